The Morgan fingerprint density at radius 3 is 2.50 bits per heavy atom. The molecule has 2 fully saturated rings. The first-order valence-corrected chi connectivity index (χ1v) is 5.91. The summed E-state index contributed by atoms with van der Waals surface area (Å²) in [5.41, 5.74) is -0.0152. The maximum Gasteiger partial charge on any atom is 0.126 e. The lowest BCUT2D eigenvalue weighted by atomic mass is 9.65. The largest absolute Gasteiger partial charge is 0.381 e. The van der Waals surface area contributed by atoms with Gasteiger partial charge in [0.2, 0.25) is 0 Å². The lowest BCUT2D eigenvalue weighted by Gasteiger charge is -2.41. The van der Waals surface area contributed by atoms with Crippen LogP contribution in [0.2, 0.25) is 0 Å². The number of ether oxygens (including phenoxy) is 1. The molecule has 1 aliphatic carbocycles. The summed E-state index contributed by atoms with van der Waals surface area (Å²) in [6.45, 7) is 1.71. The average molecular weight is 196 g/mol. The second-order valence-electron chi connectivity index (χ2n) is 4.83. The molecule has 1 saturated heterocycles. The van der Waals surface area contributed by atoms with E-state index in [1.54, 1.807) is 0 Å². The second-order valence-corrected chi connectivity index (χ2v) is 4.83. The zero-order chi connectivity index (χ0) is 9.86. The van der Waals surface area contributed by atoms with Gasteiger partial charge in [-0.2, -0.15) is 0 Å². The molecule has 0 radical (unpaired) electrons. The maximum atomic E-state index is 11.3. The third-order valence-corrected chi connectivity index (χ3v) is 3.99. The molecule has 14 heavy (non-hydrogen) atoms. The number of aldehydes is 1. The first-order valence-electron chi connectivity index (χ1n) is 5.91. The predicted octanol–water partition coefficient (Wildman–Crippen LogP) is 2.56. The van der Waals surface area contributed by atoms with E-state index in [0.717, 1.165) is 32.5 Å². The number of carbonyl (C=O) groups excluding carboxylic acids is 1. The summed E-state index contributed by atoms with van der Waals surface area (Å²) in [7, 11) is 0. The van der Waals surface area contributed by atoms with Crippen molar-refractivity contribution < 1.29 is 9.53 Å². The number of hydrogen-bond acceptors (Lipinski definition) is 2. The van der Waals surface area contributed by atoms with Crippen molar-refractivity contribution in [1.29, 1.82) is 0 Å². The van der Waals surface area contributed by atoms with Gasteiger partial charge < -0.3 is 9.53 Å². The lowest BCUT2D eigenvalue weighted by molar-refractivity contribution is -0.125. The Hall–Kier alpha value is -0.370. The number of hydrogen-bond donors (Lipinski definition) is 0. The molecule has 0 spiro atoms. The second kappa shape index (κ2) is 4.43. The molecule has 1 unspecified atom stereocenters. The van der Waals surface area contributed by atoms with Gasteiger partial charge >= 0.3 is 0 Å². The van der Waals surface area contributed by atoms with Crippen LogP contribution in [0.5, 0.6) is 0 Å². The summed E-state index contributed by atoms with van der Waals surface area (Å²) in [6, 6.07) is 0. The standard InChI is InChI=1S/C12H20O2/c13-10-12(6-2-1-3-7-12)11-5-4-8-14-9-11/h10-11H,1-9H2. The van der Waals surface area contributed by atoms with Crippen LogP contribution in [0.25, 0.3) is 0 Å². The molecule has 0 aromatic rings. The zero-order valence-corrected chi connectivity index (χ0v) is 8.84. The van der Waals surface area contributed by atoms with Gasteiger partial charge in [0.25, 0.3) is 0 Å². The maximum absolute atomic E-state index is 11.3. The number of carbonyl (C=O) groups is 1. The third kappa shape index (κ3) is 1.85. The van der Waals surface area contributed by atoms with Crippen LogP contribution in [-0.2, 0) is 9.53 Å². The molecule has 1 saturated carbocycles. The van der Waals surface area contributed by atoms with E-state index < -0.39 is 0 Å². The third-order valence-electron chi connectivity index (χ3n) is 3.99. The Morgan fingerprint density at radius 1 is 1.14 bits per heavy atom. The smallest absolute Gasteiger partial charge is 0.126 e. The van der Waals surface area contributed by atoms with Crippen LogP contribution in [0.3, 0.4) is 0 Å². The lowest BCUT2D eigenvalue weighted by Crippen LogP contribution is -2.39. The fourth-order valence-corrected chi connectivity index (χ4v) is 3.03. The van der Waals surface area contributed by atoms with E-state index in [0.29, 0.717) is 5.92 Å². The van der Waals surface area contributed by atoms with Crippen molar-refractivity contribution in [3.05, 3.63) is 0 Å². The zero-order valence-electron chi connectivity index (χ0n) is 8.84. The molecule has 2 nitrogen and oxygen atoms in total. The predicted molar refractivity (Wildman–Crippen MR) is 55.1 cm³/mol. The fourth-order valence-electron chi connectivity index (χ4n) is 3.03. The van der Waals surface area contributed by atoms with Gasteiger partial charge in [-0.15, -0.1) is 0 Å². The molecule has 0 aromatic carbocycles. The van der Waals surface area contributed by atoms with Crippen molar-refractivity contribution in [2.24, 2.45) is 11.3 Å². The van der Waals surface area contributed by atoms with Crippen molar-refractivity contribution in [3.8, 4) is 0 Å². The van der Waals surface area contributed by atoms with Gasteiger partial charge in [0.05, 0.1) is 6.61 Å². The van der Waals surface area contributed by atoms with Crippen LogP contribution in [-0.4, -0.2) is 19.5 Å². The topological polar surface area (TPSA) is 26.3 Å². The summed E-state index contributed by atoms with van der Waals surface area (Å²) < 4.78 is 5.50. The molecular formula is C12H20O2. The minimum atomic E-state index is -0.0152. The minimum absolute atomic E-state index is 0.0152. The normalized spacial score (nSPS) is 32.4. The van der Waals surface area contributed by atoms with E-state index in [1.807, 2.05) is 0 Å². The van der Waals surface area contributed by atoms with Gasteiger partial charge in [0.15, 0.2) is 0 Å². The summed E-state index contributed by atoms with van der Waals surface area (Å²) in [6.07, 6.45) is 9.55. The van der Waals surface area contributed by atoms with Crippen LogP contribution in [0, 0.1) is 11.3 Å². The molecule has 2 rings (SSSR count). The molecule has 0 N–H and O–H groups in total. The van der Waals surface area contributed by atoms with Gasteiger partial charge in [0, 0.05) is 12.0 Å². The SMILES string of the molecule is O=CC1(C2CCCOC2)CCCCC1. The van der Waals surface area contributed by atoms with Crippen LogP contribution in [0.1, 0.15) is 44.9 Å². The summed E-state index contributed by atoms with van der Waals surface area (Å²) in [4.78, 5) is 11.3. The van der Waals surface area contributed by atoms with E-state index in [4.69, 9.17) is 4.74 Å². The van der Waals surface area contributed by atoms with Crippen molar-refractivity contribution in [2.75, 3.05) is 13.2 Å². The molecule has 1 atom stereocenters. The Kier molecular flexibility index (Phi) is 3.22. The van der Waals surface area contributed by atoms with Gasteiger partial charge in [-0.25, -0.2) is 0 Å². The van der Waals surface area contributed by atoms with Crippen LogP contribution in [0.4, 0.5) is 0 Å². The Labute approximate surface area is 86.0 Å². The van der Waals surface area contributed by atoms with Crippen molar-refractivity contribution in [3.63, 3.8) is 0 Å². The molecule has 0 amide bonds. The van der Waals surface area contributed by atoms with Crippen LogP contribution < -0.4 is 0 Å². The van der Waals surface area contributed by atoms with E-state index >= 15 is 0 Å². The number of rotatable bonds is 2. The van der Waals surface area contributed by atoms with Gasteiger partial charge in [-0.1, -0.05) is 19.3 Å². The van der Waals surface area contributed by atoms with Crippen molar-refractivity contribution in [2.45, 2.75) is 44.9 Å². The molecule has 2 aliphatic rings. The van der Waals surface area contributed by atoms with E-state index in [1.165, 1.54) is 32.0 Å². The molecule has 2 heteroatoms. The highest BCUT2D eigenvalue weighted by molar-refractivity contribution is 5.60. The Morgan fingerprint density at radius 2 is 1.93 bits per heavy atom. The summed E-state index contributed by atoms with van der Waals surface area (Å²) in [5, 5.41) is 0. The fraction of sp³-hybridized carbons (Fsp3) is 0.917. The van der Waals surface area contributed by atoms with E-state index in [9.17, 15) is 4.79 Å². The Balaban J connectivity index is 2.04. The molecule has 1 heterocycles. The molecule has 80 valence electrons. The quantitative estimate of drug-likeness (QED) is 0.634. The molecule has 0 aromatic heterocycles. The highest BCUT2D eigenvalue weighted by atomic mass is 16.5. The summed E-state index contributed by atoms with van der Waals surface area (Å²) in [5.74, 6) is 0.508. The highest BCUT2D eigenvalue weighted by Crippen LogP contribution is 2.43. The average Bonchev–Trinajstić information content (AvgIpc) is 2.31. The van der Waals surface area contributed by atoms with E-state index in [2.05, 4.69) is 0 Å². The molecular weight excluding hydrogens is 176 g/mol. The van der Waals surface area contributed by atoms with Crippen molar-refractivity contribution in [1.82, 2.24) is 0 Å². The van der Waals surface area contributed by atoms with Gasteiger partial charge in [-0.05, 0) is 31.6 Å². The van der Waals surface area contributed by atoms with E-state index in [-0.39, 0.29) is 5.41 Å². The first-order chi connectivity index (χ1) is 6.87. The van der Waals surface area contributed by atoms with Crippen molar-refractivity contribution >= 4 is 6.29 Å². The monoisotopic (exact) mass is 196 g/mol. The van der Waals surface area contributed by atoms with Gasteiger partial charge in [-0.3, -0.25) is 0 Å². The summed E-state index contributed by atoms with van der Waals surface area (Å²) >= 11 is 0. The first kappa shape index (κ1) is 10.2. The minimum Gasteiger partial charge on any atom is -0.381 e. The molecule has 1 aliphatic heterocycles. The highest BCUT2D eigenvalue weighted by Gasteiger charge is 2.40. The van der Waals surface area contributed by atoms with Crippen LogP contribution >= 0.6 is 0 Å². The van der Waals surface area contributed by atoms with Crippen LogP contribution in [0.15, 0.2) is 0 Å². The molecule has 0 bridgehead atoms. The Bertz CT molecular complexity index is 188. The van der Waals surface area contributed by atoms with Gasteiger partial charge in [0.1, 0.15) is 6.29 Å².